The summed E-state index contributed by atoms with van der Waals surface area (Å²) in [7, 11) is 0. The minimum absolute atomic E-state index is 0.213. The van der Waals surface area contributed by atoms with E-state index in [9.17, 15) is 0 Å². The SMILES string of the molecule is c1nnc2n1-c1sc3c(c1C1NCNN21)CCCC3. The molecule has 1 fully saturated rings. The summed E-state index contributed by atoms with van der Waals surface area (Å²) in [5.74, 6) is 0.890. The molecular weight excluding hydrogens is 260 g/mol. The normalized spacial score (nSPS) is 23.8. The van der Waals surface area contributed by atoms with Gasteiger partial charge in [-0.1, -0.05) is 0 Å². The van der Waals surface area contributed by atoms with Gasteiger partial charge in [0, 0.05) is 10.4 Å². The fraction of sp³-hybridized carbons (Fsp3) is 0.500. The van der Waals surface area contributed by atoms with Crippen molar-refractivity contribution < 1.29 is 0 Å². The largest absolute Gasteiger partial charge is 0.278 e. The van der Waals surface area contributed by atoms with Crippen molar-refractivity contribution in [1.82, 2.24) is 25.5 Å². The van der Waals surface area contributed by atoms with Crippen LogP contribution in [0.2, 0.25) is 0 Å². The van der Waals surface area contributed by atoms with Crippen molar-refractivity contribution in [3.63, 3.8) is 0 Å². The van der Waals surface area contributed by atoms with Gasteiger partial charge in [0.2, 0.25) is 5.95 Å². The van der Waals surface area contributed by atoms with Gasteiger partial charge in [-0.2, -0.15) is 0 Å². The zero-order valence-electron chi connectivity index (χ0n) is 10.4. The standard InChI is InChI=1S/C12H14N6S/c1-2-4-8-7(3-1)9-10-13-5-15-18(10)12-16-14-6-17(12)11(9)19-8/h6,10,13,15H,1-5H2. The van der Waals surface area contributed by atoms with E-state index in [1.807, 2.05) is 17.7 Å². The molecule has 2 aliphatic heterocycles. The monoisotopic (exact) mass is 274 g/mol. The van der Waals surface area contributed by atoms with Gasteiger partial charge in [-0.3, -0.25) is 14.9 Å². The van der Waals surface area contributed by atoms with Crippen molar-refractivity contribution in [1.29, 1.82) is 0 Å². The van der Waals surface area contributed by atoms with E-state index in [0.29, 0.717) is 0 Å². The van der Waals surface area contributed by atoms with Gasteiger partial charge >= 0.3 is 0 Å². The first-order valence-electron chi connectivity index (χ1n) is 6.74. The number of anilines is 1. The fourth-order valence-electron chi connectivity index (χ4n) is 3.40. The number of rotatable bonds is 0. The maximum Gasteiger partial charge on any atom is 0.248 e. The Hall–Kier alpha value is -1.44. The molecule has 1 saturated heterocycles. The van der Waals surface area contributed by atoms with E-state index >= 15 is 0 Å². The number of fused-ring (bicyclic) bond motifs is 8. The highest BCUT2D eigenvalue weighted by molar-refractivity contribution is 7.15. The molecule has 0 saturated carbocycles. The van der Waals surface area contributed by atoms with Gasteiger partial charge < -0.3 is 0 Å². The third kappa shape index (κ3) is 1.22. The van der Waals surface area contributed by atoms with Crippen LogP contribution in [0.4, 0.5) is 5.95 Å². The molecule has 0 amide bonds. The van der Waals surface area contributed by atoms with E-state index in [1.54, 1.807) is 10.4 Å². The highest BCUT2D eigenvalue weighted by Gasteiger charge is 2.40. The second-order valence-corrected chi connectivity index (χ2v) is 6.33. The van der Waals surface area contributed by atoms with E-state index in [2.05, 4.69) is 30.5 Å². The topological polar surface area (TPSA) is 58.0 Å². The van der Waals surface area contributed by atoms with Gasteiger partial charge in [-0.05, 0) is 31.2 Å². The first kappa shape index (κ1) is 10.4. The lowest BCUT2D eigenvalue weighted by molar-refractivity contribution is 0.584. The number of nitrogens with one attached hydrogen (secondary N) is 2. The van der Waals surface area contributed by atoms with E-state index in [-0.39, 0.29) is 6.17 Å². The van der Waals surface area contributed by atoms with Crippen LogP contribution in [-0.2, 0) is 12.8 Å². The molecule has 1 atom stereocenters. The van der Waals surface area contributed by atoms with Crippen molar-refractivity contribution in [3.05, 3.63) is 22.3 Å². The maximum absolute atomic E-state index is 4.25. The quantitative estimate of drug-likeness (QED) is 0.753. The lowest BCUT2D eigenvalue weighted by Gasteiger charge is -2.30. The molecule has 3 aliphatic rings. The summed E-state index contributed by atoms with van der Waals surface area (Å²) in [6.45, 7) is 0.779. The molecule has 2 aromatic rings. The molecule has 1 aliphatic carbocycles. The highest BCUT2D eigenvalue weighted by atomic mass is 32.1. The average molecular weight is 274 g/mol. The Morgan fingerprint density at radius 3 is 3.26 bits per heavy atom. The summed E-state index contributed by atoms with van der Waals surface area (Å²) in [4.78, 5) is 1.56. The summed E-state index contributed by atoms with van der Waals surface area (Å²) < 4.78 is 2.12. The molecule has 19 heavy (non-hydrogen) atoms. The third-order valence-corrected chi connectivity index (χ3v) is 5.54. The van der Waals surface area contributed by atoms with Gasteiger partial charge in [-0.15, -0.1) is 21.5 Å². The lowest BCUT2D eigenvalue weighted by Crippen LogP contribution is -2.39. The molecule has 7 heteroatoms. The predicted octanol–water partition coefficient (Wildman–Crippen LogP) is 1.09. The van der Waals surface area contributed by atoms with Crippen molar-refractivity contribution in [2.45, 2.75) is 31.8 Å². The van der Waals surface area contributed by atoms with Crippen LogP contribution in [0.25, 0.3) is 5.00 Å². The molecule has 0 radical (unpaired) electrons. The summed E-state index contributed by atoms with van der Waals surface area (Å²) in [5, 5.41) is 15.3. The van der Waals surface area contributed by atoms with Crippen LogP contribution >= 0.6 is 11.3 Å². The van der Waals surface area contributed by atoms with E-state index in [0.717, 1.165) is 12.6 Å². The molecule has 0 bridgehead atoms. The van der Waals surface area contributed by atoms with Crippen LogP contribution in [0, 0.1) is 0 Å². The number of thiophene rings is 1. The first-order chi connectivity index (χ1) is 9.43. The van der Waals surface area contributed by atoms with Crippen LogP contribution in [0.5, 0.6) is 0 Å². The first-order valence-corrected chi connectivity index (χ1v) is 7.56. The Kier molecular flexibility index (Phi) is 1.94. The minimum atomic E-state index is 0.213. The summed E-state index contributed by atoms with van der Waals surface area (Å²) in [6, 6.07) is 0. The van der Waals surface area contributed by atoms with E-state index in [4.69, 9.17) is 0 Å². The van der Waals surface area contributed by atoms with Crippen molar-refractivity contribution in [2.75, 3.05) is 11.7 Å². The molecule has 2 aromatic heterocycles. The zero-order chi connectivity index (χ0) is 12.4. The Morgan fingerprint density at radius 1 is 1.32 bits per heavy atom. The Morgan fingerprint density at radius 2 is 2.26 bits per heavy atom. The molecule has 98 valence electrons. The van der Waals surface area contributed by atoms with E-state index < -0.39 is 0 Å². The highest BCUT2D eigenvalue weighted by Crippen LogP contribution is 2.45. The smallest absolute Gasteiger partial charge is 0.248 e. The Balaban J connectivity index is 1.81. The minimum Gasteiger partial charge on any atom is -0.278 e. The van der Waals surface area contributed by atoms with Gasteiger partial charge in [0.1, 0.15) is 17.5 Å². The van der Waals surface area contributed by atoms with E-state index in [1.165, 1.54) is 36.2 Å². The number of aromatic nitrogens is 3. The van der Waals surface area contributed by atoms with Crippen molar-refractivity contribution >= 4 is 17.3 Å². The van der Waals surface area contributed by atoms with Gasteiger partial charge in [-0.25, -0.2) is 5.43 Å². The second-order valence-electron chi connectivity index (χ2n) is 5.24. The van der Waals surface area contributed by atoms with Crippen LogP contribution < -0.4 is 15.8 Å². The Labute approximate surface area is 114 Å². The second kappa shape index (κ2) is 3.56. The summed E-state index contributed by atoms with van der Waals surface area (Å²) >= 11 is 1.92. The van der Waals surface area contributed by atoms with Gasteiger partial charge in [0.15, 0.2) is 0 Å². The van der Waals surface area contributed by atoms with Gasteiger partial charge in [0.05, 0.1) is 6.67 Å². The maximum atomic E-state index is 4.25. The van der Waals surface area contributed by atoms with Crippen LogP contribution in [0.3, 0.4) is 0 Å². The number of hydrogen-bond acceptors (Lipinski definition) is 6. The molecule has 2 N–H and O–H groups in total. The van der Waals surface area contributed by atoms with Gasteiger partial charge in [0.25, 0.3) is 0 Å². The Bertz CT molecular complexity index is 659. The van der Waals surface area contributed by atoms with Crippen LogP contribution in [0.1, 0.15) is 35.0 Å². The average Bonchev–Trinajstić information content (AvgIpc) is 3.14. The zero-order valence-corrected chi connectivity index (χ0v) is 11.2. The van der Waals surface area contributed by atoms with Crippen molar-refractivity contribution in [2.24, 2.45) is 0 Å². The number of hydrazine groups is 1. The summed E-state index contributed by atoms with van der Waals surface area (Å²) in [6.07, 6.45) is 7.11. The molecule has 6 nitrogen and oxygen atoms in total. The summed E-state index contributed by atoms with van der Waals surface area (Å²) in [5.41, 5.74) is 6.35. The van der Waals surface area contributed by atoms with Crippen LogP contribution in [0.15, 0.2) is 6.33 Å². The third-order valence-electron chi connectivity index (χ3n) is 4.23. The molecule has 1 unspecified atom stereocenters. The van der Waals surface area contributed by atoms with Crippen LogP contribution in [-0.4, -0.2) is 21.4 Å². The molecule has 4 heterocycles. The number of aryl methyl sites for hydroxylation is 1. The predicted molar refractivity (Wildman–Crippen MR) is 72.2 cm³/mol. The molecule has 5 rings (SSSR count). The molecule has 0 spiro atoms. The number of hydrogen-bond donors (Lipinski definition) is 2. The number of nitrogens with zero attached hydrogens (tertiary/aromatic N) is 4. The molecular formula is C12H14N6S. The van der Waals surface area contributed by atoms with Crippen molar-refractivity contribution in [3.8, 4) is 5.00 Å². The fourth-order valence-corrected chi connectivity index (χ4v) is 4.79. The lowest BCUT2D eigenvalue weighted by atomic mass is 9.94. The molecule has 0 aromatic carbocycles.